The van der Waals surface area contributed by atoms with Crippen LogP contribution in [0.2, 0.25) is 0 Å². The fraction of sp³-hybridized carbons (Fsp3) is 0.357. The standard InChI is InChI=1S/C14H17N3O3S/c15-8-2-5-11-4-1-6-12(10-11)21(19,20)17-13-7-3-9-16-14(13)18/h1,4,6,10,13,17H,3,7-9,15H2,(H,16,18). The van der Waals surface area contributed by atoms with Crippen molar-refractivity contribution in [3.63, 3.8) is 0 Å². The van der Waals surface area contributed by atoms with Gasteiger partial charge in [0, 0.05) is 12.1 Å². The van der Waals surface area contributed by atoms with Gasteiger partial charge in [-0.2, -0.15) is 4.72 Å². The number of amides is 1. The summed E-state index contributed by atoms with van der Waals surface area (Å²) < 4.78 is 27.0. The predicted octanol–water partition coefficient (Wildman–Crippen LogP) is -0.446. The Labute approximate surface area is 124 Å². The first kappa shape index (κ1) is 15.5. The van der Waals surface area contributed by atoms with E-state index < -0.39 is 16.1 Å². The summed E-state index contributed by atoms with van der Waals surface area (Å²) in [5.74, 6) is 5.16. The van der Waals surface area contributed by atoms with Gasteiger partial charge in [0.15, 0.2) is 0 Å². The van der Waals surface area contributed by atoms with Crippen LogP contribution in [-0.4, -0.2) is 33.5 Å². The lowest BCUT2D eigenvalue weighted by molar-refractivity contribution is -0.124. The molecule has 1 fully saturated rings. The molecule has 7 heteroatoms. The van der Waals surface area contributed by atoms with Gasteiger partial charge in [-0.3, -0.25) is 4.79 Å². The summed E-state index contributed by atoms with van der Waals surface area (Å²) in [5, 5.41) is 2.64. The van der Waals surface area contributed by atoms with Crippen LogP contribution >= 0.6 is 0 Å². The Kier molecular flexibility index (Phi) is 4.96. The highest BCUT2D eigenvalue weighted by Gasteiger charge is 2.27. The molecule has 112 valence electrons. The number of carbonyl (C=O) groups is 1. The van der Waals surface area contributed by atoms with Gasteiger partial charge in [-0.1, -0.05) is 17.9 Å². The van der Waals surface area contributed by atoms with E-state index in [1.165, 1.54) is 12.1 Å². The number of nitrogens with one attached hydrogen (secondary N) is 2. The lowest BCUT2D eigenvalue weighted by Crippen LogP contribution is -2.50. The molecule has 6 nitrogen and oxygen atoms in total. The maximum Gasteiger partial charge on any atom is 0.241 e. The Morgan fingerprint density at radius 3 is 2.95 bits per heavy atom. The molecular weight excluding hydrogens is 290 g/mol. The number of nitrogens with two attached hydrogens (primary N) is 1. The molecule has 0 bridgehead atoms. The summed E-state index contributed by atoms with van der Waals surface area (Å²) in [7, 11) is -3.75. The van der Waals surface area contributed by atoms with Crippen LogP contribution in [0, 0.1) is 11.8 Å². The van der Waals surface area contributed by atoms with Gasteiger partial charge in [-0.05, 0) is 31.0 Å². The molecule has 0 radical (unpaired) electrons. The first-order chi connectivity index (χ1) is 10.0. The molecule has 0 saturated carbocycles. The van der Waals surface area contributed by atoms with Crippen molar-refractivity contribution in [3.8, 4) is 11.8 Å². The van der Waals surface area contributed by atoms with Gasteiger partial charge in [0.25, 0.3) is 0 Å². The molecule has 21 heavy (non-hydrogen) atoms. The van der Waals surface area contributed by atoms with E-state index in [-0.39, 0.29) is 17.3 Å². The minimum absolute atomic E-state index is 0.0877. The zero-order valence-corrected chi connectivity index (χ0v) is 12.2. The number of hydrogen-bond donors (Lipinski definition) is 3. The van der Waals surface area contributed by atoms with E-state index in [0.29, 0.717) is 18.5 Å². The van der Waals surface area contributed by atoms with Crippen molar-refractivity contribution in [2.24, 2.45) is 5.73 Å². The van der Waals surface area contributed by atoms with E-state index in [1.54, 1.807) is 12.1 Å². The lowest BCUT2D eigenvalue weighted by Gasteiger charge is -2.22. The Hall–Kier alpha value is -1.88. The fourth-order valence-electron chi connectivity index (χ4n) is 2.03. The van der Waals surface area contributed by atoms with Crippen LogP contribution in [0.1, 0.15) is 18.4 Å². The molecule has 1 amide bonds. The SMILES string of the molecule is NCC#Cc1cccc(S(=O)(=O)NC2CCCNC2=O)c1. The van der Waals surface area contributed by atoms with Crippen molar-refractivity contribution < 1.29 is 13.2 Å². The van der Waals surface area contributed by atoms with Gasteiger partial charge >= 0.3 is 0 Å². The zero-order chi connectivity index (χ0) is 15.3. The van der Waals surface area contributed by atoms with E-state index >= 15 is 0 Å². The highest BCUT2D eigenvalue weighted by atomic mass is 32.2. The topological polar surface area (TPSA) is 101 Å². The molecular formula is C14H17N3O3S. The average Bonchev–Trinajstić information content (AvgIpc) is 2.48. The Morgan fingerprint density at radius 1 is 1.43 bits per heavy atom. The maximum atomic E-state index is 12.3. The second-order valence-corrected chi connectivity index (χ2v) is 6.35. The van der Waals surface area contributed by atoms with Crippen molar-refractivity contribution in [2.45, 2.75) is 23.8 Å². The van der Waals surface area contributed by atoms with Gasteiger partial charge in [0.1, 0.15) is 6.04 Å². The minimum Gasteiger partial charge on any atom is -0.355 e. The van der Waals surface area contributed by atoms with Crippen LogP contribution in [0.15, 0.2) is 29.2 Å². The third-order valence-corrected chi connectivity index (χ3v) is 4.53. The predicted molar refractivity (Wildman–Crippen MR) is 78.7 cm³/mol. The van der Waals surface area contributed by atoms with E-state index in [2.05, 4.69) is 21.9 Å². The molecule has 0 spiro atoms. The first-order valence-electron chi connectivity index (χ1n) is 6.62. The molecule has 1 aromatic rings. The summed E-state index contributed by atoms with van der Waals surface area (Å²) in [6.07, 6.45) is 1.25. The summed E-state index contributed by atoms with van der Waals surface area (Å²) in [6.45, 7) is 0.790. The number of benzene rings is 1. The Morgan fingerprint density at radius 2 is 2.24 bits per heavy atom. The summed E-state index contributed by atoms with van der Waals surface area (Å²) in [6, 6.07) is 5.52. The van der Waals surface area contributed by atoms with Gasteiger partial charge in [-0.25, -0.2) is 8.42 Å². The van der Waals surface area contributed by atoms with Crippen molar-refractivity contribution in [3.05, 3.63) is 29.8 Å². The lowest BCUT2D eigenvalue weighted by atomic mass is 10.1. The molecule has 1 saturated heterocycles. The van der Waals surface area contributed by atoms with E-state index in [1.807, 2.05) is 0 Å². The molecule has 4 N–H and O–H groups in total. The van der Waals surface area contributed by atoms with E-state index in [4.69, 9.17) is 5.73 Å². The van der Waals surface area contributed by atoms with Crippen LogP contribution in [0.25, 0.3) is 0 Å². The molecule has 1 atom stereocenters. The van der Waals surface area contributed by atoms with Crippen molar-refractivity contribution in [2.75, 3.05) is 13.1 Å². The van der Waals surface area contributed by atoms with Crippen LogP contribution in [0.3, 0.4) is 0 Å². The van der Waals surface area contributed by atoms with E-state index in [0.717, 1.165) is 6.42 Å². The fourth-order valence-corrected chi connectivity index (χ4v) is 3.31. The maximum absolute atomic E-state index is 12.3. The normalized spacial score (nSPS) is 18.5. The largest absolute Gasteiger partial charge is 0.355 e. The van der Waals surface area contributed by atoms with Crippen LogP contribution in [-0.2, 0) is 14.8 Å². The highest BCUT2D eigenvalue weighted by molar-refractivity contribution is 7.89. The molecule has 1 aromatic carbocycles. The monoisotopic (exact) mass is 307 g/mol. The zero-order valence-electron chi connectivity index (χ0n) is 11.4. The Bertz CT molecular complexity index is 689. The molecule has 2 rings (SSSR count). The number of hydrogen-bond acceptors (Lipinski definition) is 4. The van der Waals surface area contributed by atoms with Gasteiger partial charge in [0.05, 0.1) is 11.4 Å². The molecule has 0 aromatic heterocycles. The molecule has 0 aliphatic carbocycles. The second kappa shape index (κ2) is 6.72. The highest BCUT2D eigenvalue weighted by Crippen LogP contribution is 2.13. The number of sulfonamides is 1. The van der Waals surface area contributed by atoms with Crippen molar-refractivity contribution >= 4 is 15.9 Å². The van der Waals surface area contributed by atoms with Gasteiger partial charge in [-0.15, -0.1) is 0 Å². The Balaban J connectivity index is 2.21. The third kappa shape index (κ3) is 4.04. The van der Waals surface area contributed by atoms with Crippen molar-refractivity contribution in [1.29, 1.82) is 0 Å². The molecule has 1 aliphatic rings. The number of piperidine rings is 1. The third-order valence-electron chi connectivity index (χ3n) is 3.06. The van der Waals surface area contributed by atoms with Crippen molar-refractivity contribution in [1.82, 2.24) is 10.0 Å². The smallest absolute Gasteiger partial charge is 0.241 e. The van der Waals surface area contributed by atoms with Gasteiger partial charge < -0.3 is 11.1 Å². The average molecular weight is 307 g/mol. The quantitative estimate of drug-likeness (QED) is 0.659. The van der Waals surface area contributed by atoms with Crippen LogP contribution in [0.4, 0.5) is 0 Å². The molecule has 1 unspecified atom stereocenters. The van der Waals surface area contributed by atoms with Gasteiger partial charge in [0.2, 0.25) is 15.9 Å². The summed E-state index contributed by atoms with van der Waals surface area (Å²) in [5.41, 5.74) is 5.86. The minimum atomic E-state index is -3.75. The number of carbonyl (C=O) groups excluding carboxylic acids is 1. The van der Waals surface area contributed by atoms with Crippen LogP contribution < -0.4 is 15.8 Å². The first-order valence-corrected chi connectivity index (χ1v) is 8.10. The molecule has 1 heterocycles. The van der Waals surface area contributed by atoms with E-state index in [9.17, 15) is 13.2 Å². The summed E-state index contributed by atoms with van der Waals surface area (Å²) in [4.78, 5) is 11.7. The summed E-state index contributed by atoms with van der Waals surface area (Å²) >= 11 is 0. The van der Waals surface area contributed by atoms with Crippen LogP contribution in [0.5, 0.6) is 0 Å². The second-order valence-electron chi connectivity index (χ2n) is 4.64. The molecule has 1 aliphatic heterocycles. The number of rotatable bonds is 3.